The minimum Gasteiger partial charge on any atom is -0.465 e. The zero-order valence-corrected chi connectivity index (χ0v) is 19.5. The highest BCUT2D eigenvalue weighted by Gasteiger charge is 2.47. The minimum absolute atomic E-state index is 0.0679. The minimum atomic E-state index is -1.27. The maximum absolute atomic E-state index is 13.5. The highest BCUT2D eigenvalue weighted by Crippen LogP contribution is 2.46. The molecule has 1 amide bonds. The van der Waals surface area contributed by atoms with Crippen LogP contribution in [0.1, 0.15) is 41.3 Å². The number of esters is 2. The number of amides is 1. The summed E-state index contributed by atoms with van der Waals surface area (Å²) in [6.45, 7) is 3.47. The number of aromatic nitrogens is 1. The first-order valence-electron chi connectivity index (χ1n) is 11.1. The van der Waals surface area contributed by atoms with Crippen LogP contribution >= 0.6 is 0 Å². The molecule has 8 nitrogen and oxygen atoms in total. The first kappa shape index (κ1) is 23.2. The predicted molar refractivity (Wildman–Crippen MR) is 127 cm³/mol. The molecule has 176 valence electrons. The normalized spacial score (nSPS) is 17.4. The quantitative estimate of drug-likeness (QED) is 0.427. The Morgan fingerprint density at radius 2 is 1.56 bits per heavy atom. The summed E-state index contributed by atoms with van der Waals surface area (Å²) in [5.74, 6) is -4.17. The summed E-state index contributed by atoms with van der Waals surface area (Å²) in [5.41, 5.74) is 1.36. The van der Waals surface area contributed by atoms with Gasteiger partial charge in [-0.3, -0.25) is 14.4 Å². The molecule has 2 heterocycles. The Morgan fingerprint density at radius 3 is 2.26 bits per heavy atom. The van der Waals surface area contributed by atoms with E-state index in [0.29, 0.717) is 27.7 Å². The summed E-state index contributed by atoms with van der Waals surface area (Å²) in [6.07, 6.45) is 0. The van der Waals surface area contributed by atoms with Crippen LogP contribution in [-0.2, 0) is 26.1 Å². The molecular formula is C26H26N2O6. The van der Waals surface area contributed by atoms with Crippen LogP contribution in [0.15, 0.2) is 53.3 Å². The van der Waals surface area contributed by atoms with Crippen molar-refractivity contribution in [2.24, 2.45) is 13.0 Å². The molecule has 4 rings (SSSR count). The Bertz CT molecular complexity index is 1360. The first-order valence-corrected chi connectivity index (χ1v) is 11.1. The monoisotopic (exact) mass is 462 g/mol. The van der Waals surface area contributed by atoms with Crippen molar-refractivity contribution in [1.82, 2.24) is 4.57 Å². The van der Waals surface area contributed by atoms with Gasteiger partial charge in [0.15, 0.2) is 0 Å². The number of fused-ring (bicyclic) bond motifs is 2. The number of hydrogen-bond donors (Lipinski definition) is 0. The molecule has 0 aliphatic carbocycles. The van der Waals surface area contributed by atoms with E-state index in [1.165, 1.54) is 9.47 Å². The van der Waals surface area contributed by atoms with Gasteiger partial charge in [-0.15, -0.1) is 0 Å². The zero-order valence-electron chi connectivity index (χ0n) is 19.5. The highest BCUT2D eigenvalue weighted by molar-refractivity contribution is 6.11. The molecule has 0 bridgehead atoms. The Balaban J connectivity index is 2.17. The van der Waals surface area contributed by atoms with E-state index in [1.807, 2.05) is 0 Å². The molecule has 3 aromatic rings. The van der Waals surface area contributed by atoms with Gasteiger partial charge >= 0.3 is 11.9 Å². The number of carbonyl (C=O) groups excluding carboxylic acids is 3. The summed E-state index contributed by atoms with van der Waals surface area (Å²) >= 11 is 0. The fraction of sp³-hybridized carbons (Fsp3) is 0.308. The number of carbonyl (C=O) groups is 3. The van der Waals surface area contributed by atoms with Crippen molar-refractivity contribution in [3.63, 3.8) is 0 Å². The standard InChI is InChI=1S/C26H26N2O6/c1-5-33-25(31)21-19(15-11-7-9-13-17(15)27(3)23(21)29)20-16-12-8-10-14-18(16)28(4)24(30)22(20)26(32)34-6-2/h7-14,19,21H,5-6H2,1-4H3. The fourth-order valence-corrected chi connectivity index (χ4v) is 4.74. The van der Waals surface area contributed by atoms with Gasteiger partial charge in [-0.25, -0.2) is 4.79 Å². The summed E-state index contributed by atoms with van der Waals surface area (Å²) in [4.78, 5) is 54.7. The van der Waals surface area contributed by atoms with Gasteiger partial charge in [0, 0.05) is 31.1 Å². The maximum Gasteiger partial charge on any atom is 0.344 e. The SMILES string of the molecule is CCOC(=O)c1c(C2c3ccccc3N(C)C(=O)C2C(=O)OCC)c2ccccc2n(C)c1=O. The van der Waals surface area contributed by atoms with Crippen molar-refractivity contribution in [1.29, 1.82) is 0 Å². The molecular weight excluding hydrogens is 436 g/mol. The third-order valence-electron chi connectivity index (χ3n) is 6.24. The molecule has 0 spiro atoms. The molecule has 1 aliphatic rings. The number of nitrogens with zero attached hydrogens (tertiary/aromatic N) is 2. The average Bonchev–Trinajstić information content (AvgIpc) is 2.83. The van der Waals surface area contributed by atoms with Gasteiger partial charge in [-0.1, -0.05) is 36.4 Å². The zero-order chi connectivity index (χ0) is 24.6. The molecule has 2 aromatic carbocycles. The molecule has 1 aliphatic heterocycles. The van der Waals surface area contributed by atoms with E-state index in [9.17, 15) is 19.2 Å². The highest BCUT2D eigenvalue weighted by atomic mass is 16.5. The number of ether oxygens (including phenoxy) is 2. The number of hydrogen-bond acceptors (Lipinski definition) is 6. The van der Waals surface area contributed by atoms with Crippen molar-refractivity contribution in [3.05, 3.63) is 75.6 Å². The second kappa shape index (κ2) is 9.13. The Morgan fingerprint density at radius 1 is 0.912 bits per heavy atom. The van der Waals surface area contributed by atoms with Crippen LogP contribution in [0, 0.1) is 5.92 Å². The van der Waals surface area contributed by atoms with Crippen LogP contribution in [0.25, 0.3) is 10.9 Å². The molecule has 8 heteroatoms. The molecule has 2 unspecified atom stereocenters. The Hall–Kier alpha value is -3.94. The molecule has 0 radical (unpaired) electrons. The third-order valence-corrected chi connectivity index (χ3v) is 6.24. The summed E-state index contributed by atoms with van der Waals surface area (Å²) in [5, 5.41) is 0.583. The van der Waals surface area contributed by atoms with Crippen molar-refractivity contribution < 1.29 is 23.9 Å². The number of anilines is 1. The van der Waals surface area contributed by atoms with Crippen LogP contribution < -0.4 is 10.5 Å². The van der Waals surface area contributed by atoms with Crippen LogP contribution in [0.3, 0.4) is 0 Å². The number of rotatable bonds is 5. The Kier molecular flexibility index (Phi) is 6.24. The molecule has 0 fully saturated rings. The summed E-state index contributed by atoms with van der Waals surface area (Å²) in [7, 11) is 3.17. The second-order valence-corrected chi connectivity index (χ2v) is 8.05. The van der Waals surface area contributed by atoms with Gasteiger partial charge in [-0.05, 0) is 37.1 Å². The lowest BCUT2D eigenvalue weighted by molar-refractivity contribution is -0.152. The lowest BCUT2D eigenvalue weighted by Crippen LogP contribution is -2.46. The van der Waals surface area contributed by atoms with Crippen molar-refractivity contribution in [2.75, 3.05) is 25.2 Å². The number of aryl methyl sites for hydroxylation is 1. The fourth-order valence-electron chi connectivity index (χ4n) is 4.74. The van der Waals surface area contributed by atoms with Gasteiger partial charge in [0.05, 0.1) is 18.7 Å². The summed E-state index contributed by atoms with van der Waals surface area (Å²) < 4.78 is 11.9. The molecule has 0 N–H and O–H groups in total. The van der Waals surface area contributed by atoms with Crippen molar-refractivity contribution in [2.45, 2.75) is 19.8 Å². The van der Waals surface area contributed by atoms with Crippen LogP contribution in [0.4, 0.5) is 5.69 Å². The van der Waals surface area contributed by atoms with E-state index in [4.69, 9.17) is 9.47 Å². The molecule has 1 aromatic heterocycles. The molecule has 0 saturated heterocycles. The predicted octanol–water partition coefficient (Wildman–Crippen LogP) is 3.00. The van der Waals surface area contributed by atoms with E-state index in [0.717, 1.165) is 0 Å². The maximum atomic E-state index is 13.5. The topological polar surface area (TPSA) is 94.9 Å². The molecule has 0 saturated carbocycles. The summed E-state index contributed by atoms with van der Waals surface area (Å²) in [6, 6.07) is 14.3. The van der Waals surface area contributed by atoms with Crippen LogP contribution in [-0.4, -0.2) is 42.7 Å². The van der Waals surface area contributed by atoms with Crippen molar-refractivity contribution in [3.8, 4) is 0 Å². The van der Waals surface area contributed by atoms with Crippen LogP contribution in [0.2, 0.25) is 0 Å². The van der Waals surface area contributed by atoms with Gasteiger partial charge in [0.25, 0.3) is 5.56 Å². The van der Waals surface area contributed by atoms with Gasteiger partial charge in [-0.2, -0.15) is 0 Å². The van der Waals surface area contributed by atoms with Crippen LogP contribution in [0.5, 0.6) is 0 Å². The number of para-hydroxylation sites is 2. The average molecular weight is 463 g/mol. The smallest absolute Gasteiger partial charge is 0.344 e. The Labute approximate surface area is 196 Å². The van der Waals surface area contributed by atoms with E-state index in [1.54, 1.807) is 76.5 Å². The lowest BCUT2D eigenvalue weighted by Gasteiger charge is -2.37. The van der Waals surface area contributed by atoms with E-state index >= 15 is 0 Å². The number of benzene rings is 2. The number of pyridine rings is 1. The first-order chi connectivity index (χ1) is 16.3. The molecule has 34 heavy (non-hydrogen) atoms. The second-order valence-electron chi connectivity index (χ2n) is 8.05. The van der Waals surface area contributed by atoms with E-state index in [2.05, 4.69) is 0 Å². The van der Waals surface area contributed by atoms with Gasteiger partial charge in [0.1, 0.15) is 11.5 Å². The van der Waals surface area contributed by atoms with Crippen molar-refractivity contribution >= 4 is 34.4 Å². The van der Waals surface area contributed by atoms with E-state index < -0.39 is 35.2 Å². The largest absolute Gasteiger partial charge is 0.465 e. The van der Waals surface area contributed by atoms with E-state index in [-0.39, 0.29) is 18.8 Å². The van der Waals surface area contributed by atoms with Gasteiger partial charge < -0.3 is 18.9 Å². The third kappa shape index (κ3) is 3.55. The lowest BCUT2D eigenvalue weighted by atomic mass is 9.74. The van der Waals surface area contributed by atoms with Gasteiger partial charge in [0.2, 0.25) is 5.91 Å². The molecule has 2 atom stereocenters.